The van der Waals surface area contributed by atoms with E-state index in [9.17, 15) is 31.9 Å². The minimum absolute atomic E-state index is 0.00377. The van der Waals surface area contributed by atoms with Crippen molar-refractivity contribution in [3.63, 3.8) is 0 Å². The van der Waals surface area contributed by atoms with Crippen LogP contribution in [0.25, 0.3) is 0 Å². The highest BCUT2D eigenvalue weighted by Gasteiger charge is 2.27. The second-order valence-electron chi connectivity index (χ2n) is 8.00. The SMILES string of the molecule is C=CCCCCOc1cc(C(=O)OCc2c(F)c(F)c(F)c(F)c2F)c(OCCCCC=C)cc1CO. The molecule has 0 unspecified atom stereocenters. The van der Waals surface area contributed by atoms with Crippen molar-refractivity contribution in [3.05, 3.63) is 83.2 Å². The number of hydrogen-bond donors (Lipinski definition) is 1. The highest BCUT2D eigenvalue weighted by molar-refractivity contribution is 5.93. The summed E-state index contributed by atoms with van der Waals surface area (Å²) in [6, 6.07) is 2.63. The number of benzene rings is 2. The molecule has 0 aromatic heterocycles. The van der Waals surface area contributed by atoms with E-state index in [1.807, 2.05) is 0 Å². The van der Waals surface area contributed by atoms with Gasteiger partial charge in [0, 0.05) is 5.56 Å². The molecule has 0 amide bonds. The summed E-state index contributed by atoms with van der Waals surface area (Å²) in [7, 11) is 0. The normalized spacial score (nSPS) is 10.8. The van der Waals surface area contributed by atoms with E-state index < -0.39 is 53.8 Å². The second kappa shape index (κ2) is 15.0. The lowest BCUT2D eigenvalue weighted by Gasteiger charge is -2.17. The molecule has 0 fully saturated rings. The van der Waals surface area contributed by atoms with Crippen molar-refractivity contribution in [3.8, 4) is 11.5 Å². The molecule has 202 valence electrons. The van der Waals surface area contributed by atoms with Gasteiger partial charge in [-0.2, -0.15) is 0 Å². The van der Waals surface area contributed by atoms with Gasteiger partial charge < -0.3 is 19.3 Å². The van der Waals surface area contributed by atoms with Crippen LogP contribution in [0, 0.1) is 29.1 Å². The van der Waals surface area contributed by atoms with Crippen molar-refractivity contribution in [2.45, 2.75) is 51.7 Å². The fraction of sp³-hybridized carbons (Fsp3) is 0.370. The van der Waals surface area contributed by atoms with Gasteiger partial charge in [-0.3, -0.25) is 0 Å². The van der Waals surface area contributed by atoms with Crippen LogP contribution in [-0.2, 0) is 18.0 Å². The molecule has 0 heterocycles. The Hall–Kier alpha value is -3.40. The Balaban J connectivity index is 2.30. The first kappa shape index (κ1) is 29.8. The third kappa shape index (κ3) is 8.04. The predicted octanol–water partition coefficient (Wildman–Crippen LogP) is 6.70. The lowest BCUT2D eigenvalue weighted by Crippen LogP contribution is -2.14. The Bertz CT molecular complexity index is 1070. The first-order valence-corrected chi connectivity index (χ1v) is 11.7. The fourth-order valence-corrected chi connectivity index (χ4v) is 3.28. The number of rotatable bonds is 16. The minimum atomic E-state index is -2.31. The van der Waals surface area contributed by atoms with Crippen LogP contribution < -0.4 is 9.47 Å². The number of carbonyl (C=O) groups is 1. The molecule has 2 rings (SSSR count). The molecule has 5 nitrogen and oxygen atoms in total. The number of aliphatic hydroxyl groups excluding tert-OH is 1. The van der Waals surface area contributed by atoms with E-state index in [1.54, 1.807) is 12.2 Å². The molecule has 0 bridgehead atoms. The zero-order chi connectivity index (χ0) is 27.4. The van der Waals surface area contributed by atoms with Crippen LogP contribution in [0.15, 0.2) is 37.4 Å². The summed E-state index contributed by atoms with van der Waals surface area (Å²) < 4.78 is 84.6. The Morgan fingerprint density at radius 2 is 1.30 bits per heavy atom. The lowest BCUT2D eigenvalue weighted by molar-refractivity contribution is 0.0456. The van der Waals surface area contributed by atoms with Gasteiger partial charge in [-0.15, -0.1) is 13.2 Å². The zero-order valence-electron chi connectivity index (χ0n) is 20.3. The summed E-state index contributed by atoms with van der Waals surface area (Å²) >= 11 is 0. The average Bonchev–Trinajstić information content (AvgIpc) is 2.90. The highest BCUT2D eigenvalue weighted by Crippen LogP contribution is 2.31. The molecule has 10 heteroatoms. The molecule has 37 heavy (non-hydrogen) atoms. The molecule has 0 radical (unpaired) electrons. The van der Waals surface area contributed by atoms with E-state index in [-0.39, 0.29) is 30.3 Å². The number of halogens is 5. The van der Waals surface area contributed by atoms with Gasteiger partial charge in [0.15, 0.2) is 23.3 Å². The van der Waals surface area contributed by atoms with E-state index in [0.717, 1.165) is 25.7 Å². The third-order valence-corrected chi connectivity index (χ3v) is 5.32. The smallest absolute Gasteiger partial charge is 0.342 e. The maximum Gasteiger partial charge on any atom is 0.342 e. The molecule has 0 atom stereocenters. The summed E-state index contributed by atoms with van der Waals surface area (Å²) in [4.78, 5) is 12.8. The lowest BCUT2D eigenvalue weighted by atomic mass is 10.1. The fourth-order valence-electron chi connectivity index (χ4n) is 3.28. The number of aliphatic hydroxyl groups is 1. The van der Waals surface area contributed by atoms with Crippen molar-refractivity contribution in [1.82, 2.24) is 0 Å². The van der Waals surface area contributed by atoms with Gasteiger partial charge in [0.25, 0.3) is 0 Å². The molecule has 0 saturated heterocycles. The van der Waals surface area contributed by atoms with Crippen LogP contribution in [0.3, 0.4) is 0 Å². The minimum Gasteiger partial charge on any atom is -0.493 e. The van der Waals surface area contributed by atoms with Gasteiger partial charge in [-0.1, -0.05) is 12.2 Å². The van der Waals surface area contributed by atoms with Crippen LogP contribution >= 0.6 is 0 Å². The van der Waals surface area contributed by atoms with Gasteiger partial charge >= 0.3 is 5.97 Å². The molecule has 0 spiro atoms. The van der Waals surface area contributed by atoms with Crippen molar-refractivity contribution < 1.29 is 46.1 Å². The molecule has 0 aliphatic carbocycles. The number of ether oxygens (including phenoxy) is 3. The third-order valence-electron chi connectivity index (χ3n) is 5.32. The number of hydrogen-bond acceptors (Lipinski definition) is 5. The molecule has 2 aromatic rings. The summed E-state index contributed by atoms with van der Waals surface area (Å²) in [5.41, 5.74) is -1.17. The van der Waals surface area contributed by atoms with Crippen LogP contribution in [0.4, 0.5) is 22.0 Å². The maximum absolute atomic E-state index is 14.0. The molecule has 2 aromatic carbocycles. The Morgan fingerprint density at radius 3 is 1.81 bits per heavy atom. The van der Waals surface area contributed by atoms with Gasteiger partial charge in [0.1, 0.15) is 23.7 Å². The molecular weight excluding hydrogens is 499 g/mol. The van der Waals surface area contributed by atoms with Crippen LogP contribution in [-0.4, -0.2) is 24.3 Å². The van der Waals surface area contributed by atoms with Crippen LogP contribution in [0.2, 0.25) is 0 Å². The average molecular weight is 529 g/mol. The van der Waals surface area contributed by atoms with E-state index in [2.05, 4.69) is 13.2 Å². The van der Waals surface area contributed by atoms with Gasteiger partial charge in [-0.05, 0) is 50.7 Å². The Kier molecular flexibility index (Phi) is 12.1. The largest absolute Gasteiger partial charge is 0.493 e. The van der Waals surface area contributed by atoms with Crippen molar-refractivity contribution in [1.29, 1.82) is 0 Å². The van der Waals surface area contributed by atoms with Crippen molar-refractivity contribution in [2.24, 2.45) is 0 Å². The first-order valence-electron chi connectivity index (χ1n) is 11.7. The number of carbonyl (C=O) groups excluding carboxylic acids is 1. The number of unbranched alkanes of at least 4 members (excludes halogenated alkanes) is 4. The summed E-state index contributed by atoms with van der Waals surface area (Å²) in [5, 5.41) is 9.78. The Labute approximate surface area is 212 Å². The van der Waals surface area contributed by atoms with Gasteiger partial charge in [0.2, 0.25) is 5.82 Å². The maximum atomic E-state index is 14.0. The van der Waals surface area contributed by atoms with Gasteiger partial charge in [0.05, 0.1) is 25.4 Å². The molecular formula is C27H29F5O5. The standard InChI is InChI=1S/C27H29F5O5/c1-3-5-7-9-11-35-20-14-18(21(13-17(20)15-33)36-12-10-8-6-4-2)27(34)37-16-19-22(28)24(30)26(32)25(31)23(19)29/h3-4,13-14,33H,1-2,5-12,15-16H2. The molecule has 0 aliphatic rings. The zero-order valence-corrected chi connectivity index (χ0v) is 20.3. The van der Waals surface area contributed by atoms with E-state index in [0.29, 0.717) is 18.4 Å². The van der Waals surface area contributed by atoms with Crippen LogP contribution in [0.5, 0.6) is 11.5 Å². The van der Waals surface area contributed by atoms with E-state index >= 15 is 0 Å². The van der Waals surface area contributed by atoms with E-state index in [1.165, 1.54) is 12.1 Å². The summed E-state index contributed by atoms with van der Waals surface area (Å²) in [6.07, 6.45) is 7.89. The quantitative estimate of drug-likeness (QED) is 0.0656. The van der Waals surface area contributed by atoms with Crippen molar-refractivity contribution in [2.75, 3.05) is 13.2 Å². The second-order valence-corrected chi connectivity index (χ2v) is 8.00. The molecule has 0 aliphatic heterocycles. The van der Waals surface area contributed by atoms with Crippen LogP contribution in [0.1, 0.15) is 60.0 Å². The van der Waals surface area contributed by atoms with Gasteiger partial charge in [-0.25, -0.2) is 26.7 Å². The molecule has 0 saturated carbocycles. The molecule has 1 N–H and O–H groups in total. The monoisotopic (exact) mass is 528 g/mol. The summed E-state index contributed by atoms with van der Waals surface area (Å²) in [6.45, 7) is 6.07. The summed E-state index contributed by atoms with van der Waals surface area (Å²) in [5.74, 6) is -11.8. The topological polar surface area (TPSA) is 65.0 Å². The first-order chi connectivity index (χ1) is 17.8. The van der Waals surface area contributed by atoms with Crippen molar-refractivity contribution >= 4 is 5.97 Å². The highest BCUT2D eigenvalue weighted by atomic mass is 19.2. The Morgan fingerprint density at radius 1 is 0.784 bits per heavy atom. The predicted molar refractivity (Wildman–Crippen MR) is 127 cm³/mol. The number of esters is 1. The number of allylic oxidation sites excluding steroid dienone is 2. The van der Waals surface area contributed by atoms with E-state index in [4.69, 9.17) is 14.2 Å².